The lowest BCUT2D eigenvalue weighted by Gasteiger charge is -2.07. The summed E-state index contributed by atoms with van der Waals surface area (Å²) in [6, 6.07) is 11.5. The Balaban J connectivity index is 1.99. The number of aromatic nitrogens is 2. The summed E-state index contributed by atoms with van der Waals surface area (Å²) in [6.07, 6.45) is 0. The first-order chi connectivity index (χ1) is 10.7. The molecule has 1 heterocycles. The third kappa shape index (κ3) is 2.50. The maximum Gasteiger partial charge on any atom is 0.261 e. The number of benzene rings is 2. The van der Waals surface area contributed by atoms with Crippen molar-refractivity contribution in [3.05, 3.63) is 48.3 Å². The van der Waals surface area contributed by atoms with Crippen LogP contribution in [0.25, 0.3) is 22.8 Å². The van der Waals surface area contributed by atoms with E-state index in [1.165, 1.54) is 6.07 Å². The van der Waals surface area contributed by atoms with Crippen molar-refractivity contribution in [1.82, 2.24) is 10.1 Å². The van der Waals surface area contributed by atoms with E-state index in [1.807, 2.05) is 0 Å². The Morgan fingerprint density at radius 2 is 1.77 bits per heavy atom. The SMILES string of the molecule is COc1ccc(-c2noc(-c3ccccc3F)n2)cc1OC. The molecule has 0 spiro atoms. The largest absolute Gasteiger partial charge is 0.493 e. The standard InChI is InChI=1S/C16H13FN2O3/c1-20-13-8-7-10(9-14(13)21-2)15-18-16(22-19-15)11-5-3-4-6-12(11)17/h3-9H,1-2H3. The van der Waals surface area contributed by atoms with Crippen LogP contribution in [0.1, 0.15) is 0 Å². The van der Waals surface area contributed by atoms with Crippen molar-refractivity contribution in [3.63, 3.8) is 0 Å². The molecule has 1 aromatic heterocycles. The molecule has 0 atom stereocenters. The van der Waals surface area contributed by atoms with Crippen molar-refractivity contribution in [2.45, 2.75) is 0 Å². The summed E-state index contributed by atoms with van der Waals surface area (Å²) in [4.78, 5) is 4.23. The number of hydrogen-bond acceptors (Lipinski definition) is 5. The minimum Gasteiger partial charge on any atom is -0.493 e. The lowest BCUT2D eigenvalue weighted by Crippen LogP contribution is -1.91. The predicted octanol–water partition coefficient (Wildman–Crippen LogP) is 3.56. The van der Waals surface area contributed by atoms with E-state index < -0.39 is 5.82 Å². The number of hydrogen-bond donors (Lipinski definition) is 0. The molecule has 0 aliphatic rings. The van der Waals surface area contributed by atoms with Gasteiger partial charge in [-0.05, 0) is 30.3 Å². The Morgan fingerprint density at radius 3 is 2.50 bits per heavy atom. The van der Waals surface area contributed by atoms with Gasteiger partial charge in [-0.15, -0.1) is 0 Å². The van der Waals surface area contributed by atoms with Crippen LogP contribution in [0, 0.1) is 5.82 Å². The molecular weight excluding hydrogens is 287 g/mol. The lowest BCUT2D eigenvalue weighted by molar-refractivity contribution is 0.355. The molecule has 0 amide bonds. The van der Waals surface area contributed by atoms with Gasteiger partial charge in [0.15, 0.2) is 11.5 Å². The van der Waals surface area contributed by atoms with Gasteiger partial charge >= 0.3 is 0 Å². The van der Waals surface area contributed by atoms with Crippen molar-refractivity contribution >= 4 is 0 Å². The number of halogens is 1. The first-order valence-corrected chi connectivity index (χ1v) is 6.54. The molecule has 0 bridgehead atoms. The van der Waals surface area contributed by atoms with E-state index in [-0.39, 0.29) is 11.5 Å². The molecule has 2 aromatic carbocycles. The van der Waals surface area contributed by atoms with E-state index in [0.717, 1.165) is 0 Å². The highest BCUT2D eigenvalue weighted by atomic mass is 19.1. The van der Waals surface area contributed by atoms with Crippen molar-refractivity contribution in [2.24, 2.45) is 0 Å². The third-order valence-corrected chi connectivity index (χ3v) is 3.17. The second kappa shape index (κ2) is 5.85. The highest BCUT2D eigenvalue weighted by Gasteiger charge is 2.15. The summed E-state index contributed by atoms with van der Waals surface area (Å²) in [5.74, 6) is 1.22. The van der Waals surface area contributed by atoms with Gasteiger partial charge in [0.25, 0.3) is 5.89 Å². The summed E-state index contributed by atoms with van der Waals surface area (Å²) in [7, 11) is 3.10. The summed E-state index contributed by atoms with van der Waals surface area (Å²) >= 11 is 0. The Morgan fingerprint density at radius 1 is 1.00 bits per heavy atom. The number of nitrogens with zero attached hydrogens (tertiary/aromatic N) is 2. The van der Waals surface area contributed by atoms with Crippen LogP contribution in [-0.2, 0) is 0 Å². The van der Waals surface area contributed by atoms with Crippen LogP contribution in [-0.4, -0.2) is 24.4 Å². The fraction of sp³-hybridized carbons (Fsp3) is 0.125. The second-order valence-corrected chi connectivity index (χ2v) is 4.47. The van der Waals surface area contributed by atoms with Gasteiger partial charge in [-0.25, -0.2) is 4.39 Å². The van der Waals surface area contributed by atoms with E-state index in [4.69, 9.17) is 14.0 Å². The van der Waals surface area contributed by atoms with Crippen LogP contribution in [0.4, 0.5) is 4.39 Å². The summed E-state index contributed by atoms with van der Waals surface area (Å²) in [6.45, 7) is 0. The van der Waals surface area contributed by atoms with Gasteiger partial charge in [-0.1, -0.05) is 17.3 Å². The third-order valence-electron chi connectivity index (χ3n) is 3.17. The molecule has 3 rings (SSSR count). The first kappa shape index (κ1) is 14.1. The van der Waals surface area contributed by atoms with E-state index in [1.54, 1.807) is 50.6 Å². The van der Waals surface area contributed by atoms with Crippen LogP contribution >= 0.6 is 0 Å². The zero-order valence-electron chi connectivity index (χ0n) is 12.0. The topological polar surface area (TPSA) is 57.4 Å². The van der Waals surface area contributed by atoms with Crippen molar-refractivity contribution in [2.75, 3.05) is 14.2 Å². The second-order valence-electron chi connectivity index (χ2n) is 4.47. The monoisotopic (exact) mass is 300 g/mol. The van der Waals surface area contributed by atoms with E-state index in [0.29, 0.717) is 22.9 Å². The molecule has 6 heteroatoms. The number of ether oxygens (including phenoxy) is 2. The quantitative estimate of drug-likeness (QED) is 0.737. The predicted molar refractivity (Wildman–Crippen MR) is 78.2 cm³/mol. The van der Waals surface area contributed by atoms with Crippen LogP contribution in [0.5, 0.6) is 11.5 Å². The molecule has 0 unspecified atom stereocenters. The first-order valence-electron chi connectivity index (χ1n) is 6.54. The van der Waals surface area contributed by atoms with E-state index in [2.05, 4.69) is 10.1 Å². The zero-order chi connectivity index (χ0) is 15.5. The van der Waals surface area contributed by atoms with Gasteiger partial charge in [0.1, 0.15) is 5.82 Å². The molecule has 0 radical (unpaired) electrons. The number of methoxy groups -OCH3 is 2. The molecule has 0 aliphatic heterocycles. The van der Waals surface area contributed by atoms with Gasteiger partial charge in [0.2, 0.25) is 5.82 Å². The van der Waals surface area contributed by atoms with Crippen molar-refractivity contribution < 1.29 is 18.4 Å². The maximum absolute atomic E-state index is 13.7. The van der Waals surface area contributed by atoms with Crippen molar-refractivity contribution in [3.8, 4) is 34.3 Å². The Bertz CT molecular complexity index is 802. The van der Waals surface area contributed by atoms with Crippen LogP contribution < -0.4 is 9.47 Å². The highest BCUT2D eigenvalue weighted by molar-refractivity contribution is 5.63. The van der Waals surface area contributed by atoms with Crippen LogP contribution in [0.3, 0.4) is 0 Å². The Kier molecular flexibility index (Phi) is 3.74. The summed E-state index contributed by atoms with van der Waals surface area (Å²) < 4.78 is 29.3. The average Bonchev–Trinajstić information content (AvgIpc) is 3.04. The molecular formula is C16H13FN2O3. The molecule has 112 valence electrons. The summed E-state index contributed by atoms with van der Waals surface area (Å²) in [5.41, 5.74) is 0.950. The smallest absolute Gasteiger partial charge is 0.261 e. The Hall–Kier alpha value is -2.89. The molecule has 0 saturated heterocycles. The van der Waals surface area contributed by atoms with Crippen LogP contribution in [0.15, 0.2) is 47.0 Å². The molecule has 5 nitrogen and oxygen atoms in total. The normalized spacial score (nSPS) is 10.5. The maximum atomic E-state index is 13.7. The molecule has 0 aliphatic carbocycles. The minimum atomic E-state index is -0.412. The highest BCUT2D eigenvalue weighted by Crippen LogP contribution is 2.32. The van der Waals surface area contributed by atoms with Gasteiger partial charge < -0.3 is 14.0 Å². The fourth-order valence-electron chi connectivity index (χ4n) is 2.06. The van der Waals surface area contributed by atoms with Gasteiger partial charge in [0, 0.05) is 5.56 Å². The van der Waals surface area contributed by atoms with Crippen molar-refractivity contribution in [1.29, 1.82) is 0 Å². The molecule has 0 N–H and O–H groups in total. The number of rotatable bonds is 4. The summed E-state index contributed by atoms with van der Waals surface area (Å²) in [5, 5.41) is 3.89. The lowest BCUT2D eigenvalue weighted by atomic mass is 10.2. The van der Waals surface area contributed by atoms with E-state index >= 15 is 0 Å². The van der Waals surface area contributed by atoms with Gasteiger partial charge in [0.05, 0.1) is 19.8 Å². The molecule has 0 fully saturated rings. The molecule has 3 aromatic rings. The molecule has 22 heavy (non-hydrogen) atoms. The van der Waals surface area contributed by atoms with Crippen LogP contribution in [0.2, 0.25) is 0 Å². The molecule has 0 saturated carbocycles. The van der Waals surface area contributed by atoms with Gasteiger partial charge in [-0.2, -0.15) is 4.98 Å². The van der Waals surface area contributed by atoms with Gasteiger partial charge in [-0.3, -0.25) is 0 Å². The van der Waals surface area contributed by atoms with E-state index in [9.17, 15) is 4.39 Å². The average molecular weight is 300 g/mol. The Labute approximate surface area is 126 Å². The zero-order valence-corrected chi connectivity index (χ0v) is 12.0. The minimum absolute atomic E-state index is 0.128. The fourth-order valence-corrected chi connectivity index (χ4v) is 2.06.